The van der Waals surface area contributed by atoms with Crippen LogP contribution in [-0.2, 0) is 0 Å². The third-order valence-electron chi connectivity index (χ3n) is 10.5. The molecule has 1 aliphatic rings. The second-order valence-corrected chi connectivity index (χ2v) is 13.3. The van der Waals surface area contributed by atoms with Crippen LogP contribution < -0.4 is 0 Å². The van der Waals surface area contributed by atoms with Gasteiger partial charge in [-0.3, -0.25) is 0 Å². The molecule has 1 aromatic heterocycles. The minimum Gasteiger partial charge on any atom is -0.225 e. The maximum atomic E-state index is 4.31. The van der Waals surface area contributed by atoms with Crippen molar-refractivity contribution in [1.29, 1.82) is 0 Å². The van der Waals surface area contributed by atoms with Gasteiger partial charge in [0.1, 0.15) is 12.7 Å². The first-order valence-electron chi connectivity index (χ1n) is 17.0. The Hall–Kier alpha value is -6.71. The van der Waals surface area contributed by atoms with Crippen molar-refractivity contribution in [2.75, 3.05) is 0 Å². The summed E-state index contributed by atoms with van der Waals surface area (Å²) >= 11 is 0. The van der Waals surface area contributed by atoms with Gasteiger partial charge in [-0.15, -0.1) is 0 Å². The second-order valence-electron chi connectivity index (χ2n) is 13.3. The van der Waals surface area contributed by atoms with Crippen LogP contribution in [0.4, 0.5) is 0 Å². The minimum atomic E-state index is 0.684. The fourth-order valence-electron chi connectivity index (χ4n) is 8.15. The average Bonchev–Trinajstić information content (AvgIpc) is 3.49. The van der Waals surface area contributed by atoms with E-state index < -0.39 is 0 Å². The van der Waals surface area contributed by atoms with Gasteiger partial charge in [-0.1, -0.05) is 109 Å². The summed E-state index contributed by atoms with van der Waals surface area (Å²) in [4.78, 5) is 12.6. The molecule has 50 heavy (non-hydrogen) atoms. The van der Waals surface area contributed by atoms with Crippen molar-refractivity contribution in [3.05, 3.63) is 164 Å². The van der Waals surface area contributed by atoms with E-state index in [0.717, 1.165) is 10.9 Å². The van der Waals surface area contributed by atoms with Crippen LogP contribution in [0.3, 0.4) is 0 Å². The third-order valence-corrected chi connectivity index (χ3v) is 10.5. The SMILES string of the molecule is c1ccc2cc3c(cc2c1)-c1ccc(-c2ccc4cc(-c5ccc6cc(-c7ncncn7)ccc6c5)ccc4c2)c2c1c-3cc1ccccc12. The normalized spacial score (nSPS) is 12.0. The van der Waals surface area contributed by atoms with Crippen LogP contribution in [0, 0.1) is 0 Å². The summed E-state index contributed by atoms with van der Waals surface area (Å²) in [6.45, 7) is 0. The maximum Gasteiger partial charge on any atom is 0.162 e. The highest BCUT2D eigenvalue weighted by Crippen LogP contribution is 2.52. The van der Waals surface area contributed by atoms with Gasteiger partial charge in [-0.05, 0) is 141 Å². The van der Waals surface area contributed by atoms with Crippen LogP contribution in [-0.4, -0.2) is 15.0 Å². The lowest BCUT2D eigenvalue weighted by Gasteiger charge is -2.14. The van der Waals surface area contributed by atoms with E-state index in [0.29, 0.717) is 5.82 Å². The minimum absolute atomic E-state index is 0.684. The number of aromatic nitrogens is 3. The van der Waals surface area contributed by atoms with Crippen LogP contribution >= 0.6 is 0 Å². The van der Waals surface area contributed by atoms with Gasteiger partial charge in [0.2, 0.25) is 0 Å². The zero-order valence-corrected chi connectivity index (χ0v) is 26.9. The molecule has 1 aliphatic carbocycles. The van der Waals surface area contributed by atoms with E-state index in [9.17, 15) is 0 Å². The van der Waals surface area contributed by atoms with Gasteiger partial charge in [-0.2, -0.15) is 0 Å². The zero-order chi connectivity index (χ0) is 32.8. The molecule has 1 heterocycles. The lowest BCUT2D eigenvalue weighted by molar-refractivity contribution is 1.06. The lowest BCUT2D eigenvalue weighted by atomic mass is 9.89. The Kier molecular flexibility index (Phi) is 5.67. The van der Waals surface area contributed by atoms with Gasteiger partial charge in [-0.25, -0.2) is 15.0 Å². The third kappa shape index (κ3) is 4.07. The van der Waals surface area contributed by atoms with E-state index in [-0.39, 0.29) is 0 Å². The van der Waals surface area contributed by atoms with Crippen molar-refractivity contribution in [2.24, 2.45) is 0 Å². The molecule has 0 spiro atoms. The smallest absolute Gasteiger partial charge is 0.162 e. The molecule has 0 amide bonds. The first-order chi connectivity index (χ1) is 24.7. The van der Waals surface area contributed by atoms with E-state index in [4.69, 9.17) is 0 Å². The molecule has 11 rings (SSSR count). The summed E-state index contributed by atoms with van der Waals surface area (Å²) in [5.74, 6) is 0.684. The van der Waals surface area contributed by atoms with Crippen molar-refractivity contribution >= 4 is 53.9 Å². The van der Waals surface area contributed by atoms with Gasteiger partial charge in [0.25, 0.3) is 0 Å². The summed E-state index contributed by atoms with van der Waals surface area (Å²) in [5, 5.41) is 12.6. The lowest BCUT2D eigenvalue weighted by Crippen LogP contribution is -1.89. The number of hydrogen-bond acceptors (Lipinski definition) is 3. The zero-order valence-electron chi connectivity index (χ0n) is 26.9. The summed E-state index contributed by atoms with van der Waals surface area (Å²) in [5.41, 5.74) is 11.2. The van der Waals surface area contributed by atoms with Gasteiger partial charge in [0, 0.05) is 5.56 Å². The molecular weight excluding hydrogens is 607 g/mol. The molecule has 0 atom stereocenters. The molecule has 0 unspecified atom stereocenters. The molecule has 3 nitrogen and oxygen atoms in total. The van der Waals surface area contributed by atoms with Gasteiger partial charge >= 0.3 is 0 Å². The quantitative estimate of drug-likeness (QED) is 0.182. The van der Waals surface area contributed by atoms with Gasteiger partial charge < -0.3 is 0 Å². The Balaban J connectivity index is 1.03. The van der Waals surface area contributed by atoms with Crippen molar-refractivity contribution in [2.45, 2.75) is 0 Å². The first-order valence-corrected chi connectivity index (χ1v) is 17.0. The van der Waals surface area contributed by atoms with Gasteiger partial charge in [0.15, 0.2) is 5.82 Å². The van der Waals surface area contributed by atoms with Crippen LogP contribution in [0.15, 0.2) is 164 Å². The molecule has 0 saturated carbocycles. The van der Waals surface area contributed by atoms with Crippen molar-refractivity contribution in [3.63, 3.8) is 0 Å². The van der Waals surface area contributed by atoms with Crippen molar-refractivity contribution in [1.82, 2.24) is 15.0 Å². The van der Waals surface area contributed by atoms with Crippen LogP contribution in [0.25, 0.3) is 110 Å². The molecule has 3 heteroatoms. The highest BCUT2D eigenvalue weighted by atomic mass is 15.0. The molecule has 0 fully saturated rings. The predicted octanol–water partition coefficient (Wildman–Crippen LogP) is 12.3. The molecule has 0 saturated heterocycles. The highest BCUT2D eigenvalue weighted by molar-refractivity contribution is 6.28. The number of nitrogens with zero attached hydrogens (tertiary/aromatic N) is 3. The Morgan fingerprint density at radius 3 is 1.46 bits per heavy atom. The molecule has 0 aliphatic heterocycles. The molecule has 0 bridgehead atoms. The van der Waals surface area contributed by atoms with E-state index in [1.165, 1.54) is 106 Å². The van der Waals surface area contributed by atoms with Crippen molar-refractivity contribution < 1.29 is 0 Å². The number of fused-ring (bicyclic) bond motifs is 8. The number of benzene rings is 9. The van der Waals surface area contributed by atoms with Crippen molar-refractivity contribution in [3.8, 4) is 55.9 Å². The average molecular weight is 634 g/mol. The van der Waals surface area contributed by atoms with E-state index in [2.05, 4.69) is 167 Å². The van der Waals surface area contributed by atoms with Gasteiger partial charge in [0.05, 0.1) is 0 Å². The van der Waals surface area contributed by atoms with Crippen LogP contribution in [0.1, 0.15) is 0 Å². The topological polar surface area (TPSA) is 38.7 Å². The summed E-state index contributed by atoms with van der Waals surface area (Å²) in [6, 6.07) is 56.2. The Bertz CT molecular complexity index is 3040. The largest absolute Gasteiger partial charge is 0.225 e. The summed E-state index contributed by atoms with van der Waals surface area (Å²) in [6.07, 6.45) is 3.07. The molecule has 10 aromatic rings. The molecule has 9 aromatic carbocycles. The fraction of sp³-hybridized carbons (Fsp3) is 0. The highest BCUT2D eigenvalue weighted by Gasteiger charge is 2.25. The van der Waals surface area contributed by atoms with E-state index in [1.54, 1.807) is 0 Å². The van der Waals surface area contributed by atoms with E-state index >= 15 is 0 Å². The predicted molar refractivity (Wildman–Crippen MR) is 208 cm³/mol. The number of rotatable bonds is 3. The van der Waals surface area contributed by atoms with Crippen LogP contribution in [0.5, 0.6) is 0 Å². The molecular formula is C47H27N3. The Labute approximate surface area is 288 Å². The Morgan fingerprint density at radius 2 is 0.780 bits per heavy atom. The van der Waals surface area contributed by atoms with E-state index in [1.807, 2.05) is 0 Å². The van der Waals surface area contributed by atoms with Crippen LogP contribution in [0.2, 0.25) is 0 Å². The Morgan fingerprint density at radius 1 is 0.300 bits per heavy atom. The summed E-state index contributed by atoms with van der Waals surface area (Å²) < 4.78 is 0. The first kappa shape index (κ1) is 27.3. The maximum absolute atomic E-state index is 4.31. The number of hydrogen-bond donors (Lipinski definition) is 0. The summed E-state index contributed by atoms with van der Waals surface area (Å²) in [7, 11) is 0. The molecule has 230 valence electrons. The molecule has 0 radical (unpaired) electrons. The fourth-order valence-corrected chi connectivity index (χ4v) is 8.15. The molecule has 0 N–H and O–H groups in total. The second kappa shape index (κ2) is 10.4. The standard InChI is InChI=1S/C47H27N3/c1-2-6-29-24-43-42(23-28(29)5-1)41-18-17-40(45-39-8-4-3-7-36(39)25-44(43)46(41)45)37-15-13-32-19-30(9-11-34(32)21-37)31-10-12-35-22-38(16-14-33(35)20-31)47-49-26-48-27-50-47/h1-27H. The monoisotopic (exact) mass is 633 g/mol.